The Hall–Kier alpha value is -4.79. The number of nitrogens with zero attached hydrogens (tertiary/aromatic N) is 1. The minimum atomic E-state index is -0.854. The molecule has 176 valence electrons. The maximum absolute atomic E-state index is 12.7. The molecule has 5 amide bonds. The van der Waals surface area contributed by atoms with E-state index in [4.69, 9.17) is 4.74 Å². The second kappa shape index (κ2) is 9.60. The predicted molar refractivity (Wildman–Crippen MR) is 127 cm³/mol. The fourth-order valence-electron chi connectivity index (χ4n) is 3.55. The number of urea groups is 1. The average Bonchev–Trinajstić information content (AvgIpc) is 3.10. The van der Waals surface area contributed by atoms with Gasteiger partial charge in [-0.2, -0.15) is 0 Å². The Kier molecular flexibility index (Phi) is 6.41. The quantitative estimate of drug-likeness (QED) is 0.433. The molecule has 0 aliphatic carbocycles. The Morgan fingerprint density at radius 1 is 0.829 bits per heavy atom. The van der Waals surface area contributed by atoms with Crippen molar-refractivity contribution in [3.63, 3.8) is 0 Å². The molecule has 0 unspecified atom stereocenters. The molecule has 35 heavy (non-hydrogen) atoms. The smallest absolute Gasteiger partial charge is 0.338 e. The van der Waals surface area contributed by atoms with Crippen molar-refractivity contribution >= 4 is 41.1 Å². The highest BCUT2D eigenvalue weighted by Crippen LogP contribution is 2.28. The van der Waals surface area contributed by atoms with Crippen LogP contribution in [0.5, 0.6) is 0 Å². The van der Waals surface area contributed by atoms with Crippen molar-refractivity contribution in [2.24, 2.45) is 0 Å². The summed E-state index contributed by atoms with van der Waals surface area (Å²) >= 11 is 0. The number of hydrogen-bond acceptors (Lipinski definition) is 6. The largest absolute Gasteiger partial charge is 0.452 e. The Morgan fingerprint density at radius 3 is 2.17 bits per heavy atom. The number of hydrogen-bond donors (Lipinski definition) is 2. The molecule has 0 aromatic heterocycles. The zero-order chi connectivity index (χ0) is 25.1. The van der Waals surface area contributed by atoms with Gasteiger partial charge >= 0.3 is 12.0 Å². The topological polar surface area (TPSA) is 122 Å². The first-order valence-electron chi connectivity index (χ1n) is 10.7. The van der Waals surface area contributed by atoms with Crippen LogP contribution in [0.3, 0.4) is 0 Å². The highest BCUT2D eigenvalue weighted by molar-refractivity contribution is 6.34. The number of amides is 5. The molecule has 0 atom stereocenters. The summed E-state index contributed by atoms with van der Waals surface area (Å²) in [5, 5.41) is 4.62. The van der Waals surface area contributed by atoms with E-state index in [9.17, 15) is 24.0 Å². The molecule has 3 aromatic rings. The van der Waals surface area contributed by atoms with E-state index >= 15 is 0 Å². The van der Waals surface area contributed by atoms with Crippen molar-refractivity contribution in [1.82, 2.24) is 5.32 Å². The van der Waals surface area contributed by atoms with Gasteiger partial charge in [0.1, 0.15) is 0 Å². The molecule has 1 aliphatic heterocycles. The van der Waals surface area contributed by atoms with Crippen LogP contribution in [0, 0.1) is 13.8 Å². The summed E-state index contributed by atoms with van der Waals surface area (Å²) in [6.45, 7) is 3.13. The van der Waals surface area contributed by atoms with Gasteiger partial charge in [0.2, 0.25) is 0 Å². The molecule has 0 bridgehead atoms. The van der Waals surface area contributed by atoms with Crippen molar-refractivity contribution in [3.8, 4) is 0 Å². The summed E-state index contributed by atoms with van der Waals surface area (Å²) in [4.78, 5) is 62.8. The lowest BCUT2D eigenvalue weighted by molar-refractivity contribution is -0.123. The number of ether oxygens (including phenoxy) is 1. The minimum absolute atomic E-state index is 0.0337. The van der Waals surface area contributed by atoms with Crippen LogP contribution in [-0.2, 0) is 9.53 Å². The zero-order valence-electron chi connectivity index (χ0n) is 19.0. The maximum atomic E-state index is 12.7. The number of esters is 1. The number of carbonyl (C=O) groups excluding carboxylic acids is 5. The second-order valence-corrected chi connectivity index (χ2v) is 7.92. The van der Waals surface area contributed by atoms with Crippen LogP contribution in [0.1, 0.15) is 42.2 Å². The SMILES string of the molecule is Cc1ccc(NC(=O)NC(=O)COC(=O)c2cccc(N3C(=O)c4ccccc4C3=O)c2)cc1C. The van der Waals surface area contributed by atoms with Gasteiger partial charge in [0.15, 0.2) is 6.61 Å². The third kappa shape index (κ3) is 4.93. The first kappa shape index (κ1) is 23.4. The number of aryl methyl sites for hydroxylation is 2. The average molecular weight is 471 g/mol. The number of anilines is 2. The molecule has 3 aromatic carbocycles. The lowest BCUT2D eigenvalue weighted by Gasteiger charge is -2.14. The van der Waals surface area contributed by atoms with Gasteiger partial charge in [0.05, 0.1) is 22.4 Å². The first-order chi connectivity index (χ1) is 16.7. The summed E-state index contributed by atoms with van der Waals surface area (Å²) in [6.07, 6.45) is 0. The third-order valence-electron chi connectivity index (χ3n) is 5.49. The summed E-state index contributed by atoms with van der Waals surface area (Å²) in [6, 6.07) is 16.7. The van der Waals surface area contributed by atoms with Gasteiger partial charge in [-0.25, -0.2) is 14.5 Å². The van der Waals surface area contributed by atoms with Crippen LogP contribution < -0.4 is 15.5 Å². The molecule has 1 aliphatic rings. The number of imide groups is 2. The van der Waals surface area contributed by atoms with Crippen LogP contribution in [0.25, 0.3) is 0 Å². The lowest BCUT2D eigenvalue weighted by atomic mass is 10.1. The van der Waals surface area contributed by atoms with Gasteiger partial charge in [-0.3, -0.25) is 19.7 Å². The molecule has 9 heteroatoms. The second-order valence-electron chi connectivity index (χ2n) is 7.92. The summed E-state index contributed by atoms with van der Waals surface area (Å²) in [7, 11) is 0. The van der Waals surface area contributed by atoms with Crippen molar-refractivity contribution in [1.29, 1.82) is 0 Å². The van der Waals surface area contributed by atoms with Crippen molar-refractivity contribution < 1.29 is 28.7 Å². The lowest BCUT2D eigenvalue weighted by Crippen LogP contribution is -2.37. The normalized spacial score (nSPS) is 12.2. The van der Waals surface area contributed by atoms with Crippen LogP contribution in [-0.4, -0.2) is 36.3 Å². The molecule has 0 radical (unpaired) electrons. The zero-order valence-corrected chi connectivity index (χ0v) is 19.0. The molecular formula is C26H21N3O6. The Morgan fingerprint density at radius 2 is 1.51 bits per heavy atom. The molecular weight excluding hydrogens is 450 g/mol. The Bertz CT molecular complexity index is 1350. The molecule has 0 fully saturated rings. The predicted octanol–water partition coefficient (Wildman–Crippen LogP) is 3.61. The van der Waals surface area contributed by atoms with Gasteiger partial charge in [-0.05, 0) is 67.4 Å². The standard InChI is InChI=1S/C26H21N3O6/c1-15-10-11-18(12-16(15)2)27-26(34)28-22(30)14-35-25(33)17-6-5-7-19(13-17)29-23(31)20-8-3-4-9-21(20)24(29)32/h3-13H,14H2,1-2H3,(H2,27,28,30,34). The first-order valence-corrected chi connectivity index (χ1v) is 10.7. The van der Waals surface area contributed by atoms with Crippen LogP contribution in [0.2, 0.25) is 0 Å². The number of rotatable bonds is 5. The molecule has 4 rings (SSSR count). The van der Waals surface area contributed by atoms with E-state index in [1.54, 1.807) is 36.4 Å². The number of benzene rings is 3. The summed E-state index contributed by atoms with van der Waals surface area (Å²) in [5.74, 6) is -2.67. The van der Waals surface area contributed by atoms with Gasteiger partial charge in [-0.1, -0.05) is 24.3 Å². The molecule has 0 saturated carbocycles. The molecule has 0 saturated heterocycles. The number of fused-ring (bicyclic) bond motifs is 1. The third-order valence-corrected chi connectivity index (χ3v) is 5.49. The molecule has 9 nitrogen and oxygen atoms in total. The van der Waals surface area contributed by atoms with Crippen LogP contribution >= 0.6 is 0 Å². The van der Waals surface area contributed by atoms with Gasteiger partial charge in [-0.15, -0.1) is 0 Å². The maximum Gasteiger partial charge on any atom is 0.338 e. The minimum Gasteiger partial charge on any atom is -0.452 e. The van der Waals surface area contributed by atoms with Crippen LogP contribution in [0.15, 0.2) is 66.7 Å². The Balaban J connectivity index is 1.35. The van der Waals surface area contributed by atoms with E-state index < -0.39 is 36.3 Å². The number of carbonyl (C=O) groups is 5. The highest BCUT2D eigenvalue weighted by atomic mass is 16.5. The van der Waals surface area contributed by atoms with Crippen molar-refractivity contribution in [3.05, 3.63) is 94.5 Å². The summed E-state index contributed by atoms with van der Waals surface area (Å²) < 4.78 is 4.99. The van der Waals surface area contributed by atoms with E-state index in [0.29, 0.717) is 5.69 Å². The fourth-order valence-corrected chi connectivity index (χ4v) is 3.55. The van der Waals surface area contributed by atoms with E-state index in [0.717, 1.165) is 16.0 Å². The highest BCUT2D eigenvalue weighted by Gasteiger charge is 2.36. The van der Waals surface area contributed by atoms with Crippen molar-refractivity contribution in [2.75, 3.05) is 16.8 Å². The van der Waals surface area contributed by atoms with Gasteiger partial charge in [0, 0.05) is 5.69 Å². The molecule has 1 heterocycles. The molecule has 0 spiro atoms. The van der Waals surface area contributed by atoms with E-state index in [1.807, 2.05) is 19.9 Å². The van der Waals surface area contributed by atoms with E-state index in [1.165, 1.54) is 24.3 Å². The number of nitrogens with one attached hydrogen (secondary N) is 2. The van der Waals surface area contributed by atoms with Gasteiger partial charge in [0.25, 0.3) is 17.7 Å². The monoisotopic (exact) mass is 471 g/mol. The van der Waals surface area contributed by atoms with Crippen LogP contribution in [0.4, 0.5) is 16.2 Å². The van der Waals surface area contributed by atoms with E-state index in [-0.39, 0.29) is 22.4 Å². The van der Waals surface area contributed by atoms with Gasteiger partial charge < -0.3 is 10.1 Å². The Labute approximate surface area is 200 Å². The van der Waals surface area contributed by atoms with E-state index in [2.05, 4.69) is 10.6 Å². The summed E-state index contributed by atoms with van der Waals surface area (Å²) in [5.41, 5.74) is 3.34. The van der Waals surface area contributed by atoms with Crippen molar-refractivity contribution in [2.45, 2.75) is 13.8 Å². The fraction of sp³-hybridized carbons (Fsp3) is 0.115. The molecule has 2 N–H and O–H groups in total.